The molecule has 0 aliphatic heterocycles. The van der Waals surface area contributed by atoms with Crippen LogP contribution in [0.5, 0.6) is 5.75 Å². The van der Waals surface area contributed by atoms with Crippen LogP contribution in [0.2, 0.25) is 5.02 Å². The molecule has 2 aromatic carbocycles. The first-order valence-electron chi connectivity index (χ1n) is 8.64. The molecular weight excluding hydrogens is 383 g/mol. The Balaban J connectivity index is 2.52. The molecule has 0 aliphatic rings. The largest absolute Gasteiger partial charge is 0.511 e. The van der Waals surface area contributed by atoms with Gasteiger partial charge in [-0.05, 0) is 44.0 Å². The number of allylic oxidation sites excluding steroid dienone is 1. The maximum atomic E-state index is 14.7. The quantitative estimate of drug-likeness (QED) is 0.373. The lowest BCUT2D eigenvalue weighted by atomic mass is 10.0. The molecule has 0 bridgehead atoms. The summed E-state index contributed by atoms with van der Waals surface area (Å²) in [6.07, 6.45) is 0.570. The number of aliphatic hydroxyl groups is 1. The minimum Gasteiger partial charge on any atom is -0.511 e. The van der Waals surface area contributed by atoms with Crippen molar-refractivity contribution in [2.75, 3.05) is 5.32 Å². The van der Waals surface area contributed by atoms with E-state index < -0.39 is 23.1 Å². The average molecular weight is 403 g/mol. The highest BCUT2D eigenvalue weighted by molar-refractivity contribution is 6.30. The molecule has 2 aromatic rings. The van der Waals surface area contributed by atoms with Crippen molar-refractivity contribution >= 4 is 23.2 Å². The molecule has 146 valence electrons. The maximum absolute atomic E-state index is 14.7. The van der Waals surface area contributed by atoms with Crippen molar-refractivity contribution < 1.29 is 19.0 Å². The zero-order valence-corrected chi connectivity index (χ0v) is 16.5. The number of carbonyl (C=O) groups is 1. The maximum Gasteiger partial charge on any atom is 0.269 e. The third kappa shape index (κ3) is 5.02. The van der Waals surface area contributed by atoms with Crippen LogP contribution in [0.1, 0.15) is 27.2 Å². The molecule has 2 rings (SSSR count). The topological polar surface area (TPSA) is 82.3 Å². The van der Waals surface area contributed by atoms with Crippen LogP contribution in [0.4, 0.5) is 10.1 Å². The number of nitrogens with zero attached hydrogens (tertiary/aromatic N) is 1. The van der Waals surface area contributed by atoms with Gasteiger partial charge in [-0.3, -0.25) is 4.79 Å². The smallest absolute Gasteiger partial charge is 0.269 e. The number of carbonyl (C=O) groups excluding carboxylic acids is 1. The summed E-state index contributed by atoms with van der Waals surface area (Å²) in [5.41, 5.74) is 0.477. The minimum absolute atomic E-state index is 0.152. The van der Waals surface area contributed by atoms with E-state index in [1.165, 1.54) is 19.1 Å². The number of ether oxygens (including phenoxy) is 1. The van der Waals surface area contributed by atoms with E-state index in [0.29, 0.717) is 21.9 Å². The van der Waals surface area contributed by atoms with Crippen molar-refractivity contribution in [1.29, 1.82) is 5.26 Å². The summed E-state index contributed by atoms with van der Waals surface area (Å²) in [5, 5.41) is 21.2. The Hall–Kier alpha value is -3.04. The first-order chi connectivity index (χ1) is 13.3. The molecule has 0 spiro atoms. The fourth-order valence-corrected chi connectivity index (χ4v) is 2.60. The van der Waals surface area contributed by atoms with Crippen molar-refractivity contribution in [2.45, 2.75) is 33.3 Å². The Labute approximate surface area is 168 Å². The van der Waals surface area contributed by atoms with E-state index in [1.54, 1.807) is 30.3 Å². The summed E-state index contributed by atoms with van der Waals surface area (Å²) < 4.78 is 20.6. The number of nitrogens with one attached hydrogen (secondary N) is 1. The predicted molar refractivity (Wildman–Crippen MR) is 107 cm³/mol. The second-order valence-electron chi connectivity index (χ2n) is 6.20. The van der Waals surface area contributed by atoms with Crippen LogP contribution in [0, 0.1) is 17.1 Å². The van der Waals surface area contributed by atoms with Gasteiger partial charge in [-0.2, -0.15) is 5.26 Å². The minimum atomic E-state index is -0.911. The molecule has 1 atom stereocenters. The number of amides is 1. The van der Waals surface area contributed by atoms with Gasteiger partial charge in [0, 0.05) is 16.7 Å². The number of aliphatic hydroxyl groups excluding tert-OH is 1. The molecule has 0 heterocycles. The van der Waals surface area contributed by atoms with Gasteiger partial charge < -0.3 is 15.2 Å². The zero-order chi connectivity index (χ0) is 20.8. The lowest BCUT2D eigenvalue weighted by molar-refractivity contribution is -0.112. The molecule has 1 amide bonds. The number of nitriles is 1. The van der Waals surface area contributed by atoms with E-state index in [4.69, 9.17) is 21.6 Å². The number of benzene rings is 2. The van der Waals surface area contributed by atoms with Gasteiger partial charge in [-0.1, -0.05) is 30.7 Å². The monoisotopic (exact) mass is 402 g/mol. The Morgan fingerprint density at radius 2 is 2.11 bits per heavy atom. The first kappa shape index (κ1) is 21.3. The normalized spacial score (nSPS) is 12.6. The Morgan fingerprint density at radius 3 is 2.68 bits per heavy atom. The third-order valence-electron chi connectivity index (χ3n) is 4.06. The highest BCUT2D eigenvalue weighted by atomic mass is 35.5. The van der Waals surface area contributed by atoms with E-state index in [1.807, 2.05) is 13.8 Å². The number of hydrogen-bond donors (Lipinski definition) is 2. The summed E-state index contributed by atoms with van der Waals surface area (Å²) in [4.78, 5) is 12.2. The lowest BCUT2D eigenvalue weighted by Crippen LogP contribution is -2.17. The molecule has 2 N–H and O–H groups in total. The van der Waals surface area contributed by atoms with Gasteiger partial charge in [0.15, 0.2) is 5.57 Å². The van der Waals surface area contributed by atoms with Crippen molar-refractivity contribution in [3.8, 4) is 22.9 Å². The van der Waals surface area contributed by atoms with Crippen LogP contribution < -0.4 is 10.1 Å². The molecule has 1 unspecified atom stereocenters. The number of halogens is 2. The van der Waals surface area contributed by atoms with E-state index in [0.717, 1.165) is 6.42 Å². The summed E-state index contributed by atoms with van der Waals surface area (Å²) >= 11 is 6.05. The van der Waals surface area contributed by atoms with Gasteiger partial charge in [0.1, 0.15) is 23.4 Å². The van der Waals surface area contributed by atoms with E-state index >= 15 is 0 Å². The van der Waals surface area contributed by atoms with Crippen LogP contribution in [-0.2, 0) is 4.79 Å². The number of rotatable bonds is 6. The lowest BCUT2D eigenvalue weighted by Gasteiger charge is -2.18. The molecule has 5 nitrogen and oxygen atoms in total. The second-order valence-corrected chi connectivity index (χ2v) is 6.64. The van der Waals surface area contributed by atoms with Crippen LogP contribution in [0.15, 0.2) is 47.7 Å². The van der Waals surface area contributed by atoms with Crippen LogP contribution in [-0.4, -0.2) is 17.1 Å². The summed E-state index contributed by atoms with van der Waals surface area (Å²) in [5.74, 6) is -1.72. The standard InChI is InChI=1S/C21H20ClFN2O3/c1-4-12(2)28-20-10-19(25-21(27)17(11-24)13(3)26)18(23)9-16(20)14-6-5-7-15(22)8-14/h5-10,12,26H,4H2,1-3H3,(H,25,27)/b17-13-. The Bertz CT molecular complexity index is 963. The highest BCUT2D eigenvalue weighted by Crippen LogP contribution is 2.36. The van der Waals surface area contributed by atoms with Crippen molar-refractivity contribution in [3.63, 3.8) is 0 Å². The summed E-state index contributed by atoms with van der Waals surface area (Å²) in [7, 11) is 0. The molecule has 28 heavy (non-hydrogen) atoms. The number of hydrogen-bond acceptors (Lipinski definition) is 4. The number of anilines is 1. The summed E-state index contributed by atoms with van der Waals surface area (Å²) in [6, 6.07) is 11.1. The van der Waals surface area contributed by atoms with Crippen LogP contribution in [0.3, 0.4) is 0 Å². The van der Waals surface area contributed by atoms with Gasteiger partial charge in [-0.15, -0.1) is 0 Å². The van der Waals surface area contributed by atoms with E-state index in [2.05, 4.69) is 5.32 Å². The zero-order valence-electron chi connectivity index (χ0n) is 15.7. The van der Waals surface area contributed by atoms with Crippen molar-refractivity contribution in [1.82, 2.24) is 0 Å². The third-order valence-corrected chi connectivity index (χ3v) is 4.29. The molecule has 0 fully saturated rings. The second kappa shape index (κ2) is 9.25. The average Bonchev–Trinajstić information content (AvgIpc) is 2.64. The Kier molecular flexibility index (Phi) is 7.02. The van der Waals surface area contributed by atoms with Gasteiger partial charge in [0.2, 0.25) is 0 Å². The molecule has 7 heteroatoms. The summed E-state index contributed by atoms with van der Waals surface area (Å²) in [6.45, 7) is 5.02. The van der Waals surface area contributed by atoms with Gasteiger partial charge in [-0.25, -0.2) is 4.39 Å². The molecule has 0 saturated carbocycles. The highest BCUT2D eigenvalue weighted by Gasteiger charge is 2.19. The Morgan fingerprint density at radius 1 is 1.39 bits per heavy atom. The fraction of sp³-hybridized carbons (Fsp3) is 0.238. The molecular formula is C21H20ClFN2O3. The van der Waals surface area contributed by atoms with Gasteiger partial charge >= 0.3 is 0 Å². The SMILES string of the molecule is CCC(C)Oc1cc(NC(=O)/C(C#N)=C(/C)O)c(F)cc1-c1cccc(Cl)c1. The predicted octanol–water partition coefficient (Wildman–Crippen LogP) is 5.62. The molecule has 0 radical (unpaired) electrons. The van der Waals surface area contributed by atoms with Gasteiger partial charge in [0.05, 0.1) is 11.8 Å². The van der Waals surface area contributed by atoms with E-state index in [-0.39, 0.29) is 11.8 Å². The first-order valence-corrected chi connectivity index (χ1v) is 9.02. The van der Waals surface area contributed by atoms with Gasteiger partial charge in [0.25, 0.3) is 5.91 Å². The van der Waals surface area contributed by atoms with Crippen LogP contribution >= 0.6 is 11.6 Å². The van der Waals surface area contributed by atoms with Crippen molar-refractivity contribution in [2.24, 2.45) is 0 Å². The van der Waals surface area contributed by atoms with Crippen LogP contribution in [0.25, 0.3) is 11.1 Å². The van der Waals surface area contributed by atoms with E-state index in [9.17, 15) is 14.3 Å². The fourth-order valence-electron chi connectivity index (χ4n) is 2.41. The molecule has 0 aromatic heterocycles. The molecule has 0 aliphatic carbocycles. The molecule has 0 saturated heterocycles. The van der Waals surface area contributed by atoms with Crippen molar-refractivity contribution in [3.05, 3.63) is 58.6 Å².